The minimum Gasteiger partial charge on any atom is -0.494 e. The third-order valence-corrected chi connectivity index (χ3v) is 7.99. The molecule has 4 heteroatoms. The maximum absolute atomic E-state index is 12.7. The summed E-state index contributed by atoms with van der Waals surface area (Å²) in [7, 11) is 0. The highest BCUT2D eigenvalue weighted by Crippen LogP contribution is 2.32. The zero-order valence-corrected chi connectivity index (χ0v) is 26.7. The van der Waals surface area contributed by atoms with E-state index in [1.807, 2.05) is 57.2 Å². The number of carbonyl (C=O) groups is 1. The summed E-state index contributed by atoms with van der Waals surface area (Å²) in [5.74, 6) is 2.06. The standard InChI is InChI=1S/C37H58O4/c1-5-7-8-9-10-11-12-13-14-15-16-17-18-19-20-21-31-40-34-27-25-33(26-28-34)23-22-30-37(4,36(38)39-6-2)35-29-24-32(3)41-35/h22-29H,5-21,30-31H2,1-4H3/b23-22+. The lowest BCUT2D eigenvalue weighted by atomic mass is 9.84. The molecular formula is C37H58O4. The molecule has 2 rings (SSSR count). The van der Waals surface area contributed by atoms with E-state index < -0.39 is 5.41 Å². The predicted octanol–water partition coefficient (Wildman–Crippen LogP) is 11.2. The highest BCUT2D eigenvalue weighted by molar-refractivity contribution is 5.82. The van der Waals surface area contributed by atoms with Gasteiger partial charge in [0.15, 0.2) is 0 Å². The van der Waals surface area contributed by atoms with Gasteiger partial charge < -0.3 is 13.9 Å². The Morgan fingerprint density at radius 3 is 1.78 bits per heavy atom. The van der Waals surface area contributed by atoms with Crippen molar-refractivity contribution >= 4 is 12.0 Å². The molecule has 0 bridgehead atoms. The number of furan rings is 1. The topological polar surface area (TPSA) is 48.7 Å². The van der Waals surface area contributed by atoms with Crippen LogP contribution in [-0.4, -0.2) is 19.2 Å². The molecular weight excluding hydrogens is 508 g/mol. The summed E-state index contributed by atoms with van der Waals surface area (Å²) in [6.45, 7) is 8.99. The van der Waals surface area contributed by atoms with Crippen LogP contribution < -0.4 is 4.74 Å². The van der Waals surface area contributed by atoms with Gasteiger partial charge in [-0.05, 0) is 63.4 Å². The summed E-state index contributed by atoms with van der Waals surface area (Å²) < 4.78 is 17.1. The smallest absolute Gasteiger partial charge is 0.319 e. The maximum Gasteiger partial charge on any atom is 0.319 e. The number of allylic oxidation sites excluding steroid dienone is 1. The van der Waals surface area contributed by atoms with Crippen molar-refractivity contribution in [2.75, 3.05) is 13.2 Å². The van der Waals surface area contributed by atoms with Gasteiger partial charge in [0, 0.05) is 0 Å². The maximum atomic E-state index is 12.7. The fraction of sp³-hybridized carbons (Fsp3) is 0.649. The van der Waals surface area contributed by atoms with Crippen LogP contribution in [-0.2, 0) is 14.9 Å². The van der Waals surface area contributed by atoms with E-state index in [1.165, 1.54) is 96.3 Å². The first-order valence-corrected chi connectivity index (χ1v) is 16.6. The third kappa shape index (κ3) is 14.3. The highest BCUT2D eigenvalue weighted by Gasteiger charge is 2.38. The summed E-state index contributed by atoms with van der Waals surface area (Å²) in [6.07, 6.45) is 26.6. The number of unbranched alkanes of at least 4 members (excludes halogenated alkanes) is 15. The average Bonchev–Trinajstić information content (AvgIpc) is 3.42. The quantitative estimate of drug-likeness (QED) is 0.0936. The van der Waals surface area contributed by atoms with E-state index in [2.05, 4.69) is 19.1 Å². The van der Waals surface area contributed by atoms with Gasteiger partial charge >= 0.3 is 5.97 Å². The summed E-state index contributed by atoms with van der Waals surface area (Å²) in [6, 6.07) is 11.9. The molecule has 230 valence electrons. The first-order valence-electron chi connectivity index (χ1n) is 16.6. The predicted molar refractivity (Wildman–Crippen MR) is 173 cm³/mol. The second-order valence-electron chi connectivity index (χ2n) is 11.8. The van der Waals surface area contributed by atoms with Gasteiger partial charge in [-0.25, -0.2) is 0 Å². The van der Waals surface area contributed by atoms with Gasteiger partial charge in [-0.1, -0.05) is 128 Å². The molecule has 0 N–H and O–H groups in total. The minimum absolute atomic E-state index is 0.267. The Bertz CT molecular complexity index is 958. The van der Waals surface area contributed by atoms with E-state index in [0.29, 0.717) is 18.8 Å². The zero-order valence-electron chi connectivity index (χ0n) is 26.7. The molecule has 0 aliphatic heterocycles. The molecule has 0 aliphatic rings. The van der Waals surface area contributed by atoms with Crippen LogP contribution in [0.15, 0.2) is 46.9 Å². The number of hydrogen-bond acceptors (Lipinski definition) is 4. The molecule has 41 heavy (non-hydrogen) atoms. The largest absolute Gasteiger partial charge is 0.494 e. The number of hydrogen-bond donors (Lipinski definition) is 0. The van der Waals surface area contributed by atoms with Crippen molar-refractivity contribution in [3.63, 3.8) is 0 Å². The first-order chi connectivity index (χ1) is 20.0. The molecule has 0 amide bonds. The van der Waals surface area contributed by atoms with Crippen LogP contribution in [0.1, 0.15) is 147 Å². The van der Waals surface area contributed by atoms with Gasteiger partial charge in [0.1, 0.15) is 22.7 Å². The Balaban J connectivity index is 1.54. The molecule has 1 heterocycles. The second-order valence-corrected chi connectivity index (χ2v) is 11.8. The Kier molecular flexibility index (Phi) is 18.0. The van der Waals surface area contributed by atoms with Crippen molar-refractivity contribution in [3.8, 4) is 5.75 Å². The van der Waals surface area contributed by atoms with E-state index in [4.69, 9.17) is 13.9 Å². The molecule has 1 aromatic carbocycles. The Hall–Kier alpha value is -2.49. The molecule has 0 saturated carbocycles. The number of esters is 1. The number of aryl methyl sites for hydroxylation is 1. The Morgan fingerprint density at radius 2 is 1.29 bits per heavy atom. The molecule has 0 fully saturated rings. The summed E-state index contributed by atoms with van der Waals surface area (Å²) in [5.41, 5.74) is 0.220. The second kappa shape index (κ2) is 21.2. The van der Waals surface area contributed by atoms with Crippen LogP contribution in [0.4, 0.5) is 0 Å². The lowest BCUT2D eigenvalue weighted by molar-refractivity contribution is -0.150. The Labute approximate surface area is 251 Å². The number of carbonyl (C=O) groups excluding carboxylic acids is 1. The highest BCUT2D eigenvalue weighted by atomic mass is 16.5. The SMILES string of the molecule is CCCCCCCCCCCCCCCCCCOc1ccc(/C=C/CC(C)(C(=O)OCC)c2ccc(C)o2)cc1. The van der Waals surface area contributed by atoms with Crippen molar-refractivity contribution in [3.05, 3.63) is 59.6 Å². The molecule has 0 spiro atoms. The van der Waals surface area contributed by atoms with Crippen LogP contribution in [0.25, 0.3) is 6.08 Å². The molecule has 0 saturated heterocycles. The van der Waals surface area contributed by atoms with Crippen LogP contribution in [0.5, 0.6) is 5.75 Å². The lowest BCUT2D eigenvalue weighted by Crippen LogP contribution is -2.33. The van der Waals surface area contributed by atoms with Crippen LogP contribution >= 0.6 is 0 Å². The van der Waals surface area contributed by atoms with Crippen molar-refractivity contribution in [2.24, 2.45) is 0 Å². The van der Waals surface area contributed by atoms with Crippen LogP contribution in [0.2, 0.25) is 0 Å². The number of rotatable bonds is 24. The van der Waals surface area contributed by atoms with E-state index >= 15 is 0 Å². The van der Waals surface area contributed by atoms with Crippen LogP contribution in [0.3, 0.4) is 0 Å². The Morgan fingerprint density at radius 1 is 0.756 bits per heavy atom. The lowest BCUT2D eigenvalue weighted by Gasteiger charge is -2.23. The molecule has 0 aliphatic carbocycles. The monoisotopic (exact) mass is 566 g/mol. The van der Waals surface area contributed by atoms with Crippen molar-refractivity contribution < 1.29 is 18.7 Å². The molecule has 2 aromatic rings. The molecule has 0 radical (unpaired) electrons. The van der Waals surface area contributed by atoms with E-state index in [1.54, 1.807) is 0 Å². The molecule has 1 aromatic heterocycles. The molecule has 1 unspecified atom stereocenters. The molecule has 4 nitrogen and oxygen atoms in total. The third-order valence-electron chi connectivity index (χ3n) is 7.99. The molecule has 1 atom stereocenters. The van der Waals surface area contributed by atoms with Crippen molar-refractivity contribution in [1.82, 2.24) is 0 Å². The van der Waals surface area contributed by atoms with Crippen molar-refractivity contribution in [2.45, 2.75) is 142 Å². The van der Waals surface area contributed by atoms with Gasteiger partial charge in [0.2, 0.25) is 0 Å². The fourth-order valence-corrected chi connectivity index (χ4v) is 5.25. The first kappa shape index (κ1) is 34.7. The summed E-state index contributed by atoms with van der Waals surface area (Å²) in [5, 5.41) is 0. The summed E-state index contributed by atoms with van der Waals surface area (Å²) >= 11 is 0. The van der Waals surface area contributed by atoms with E-state index in [9.17, 15) is 4.79 Å². The van der Waals surface area contributed by atoms with Crippen molar-refractivity contribution in [1.29, 1.82) is 0 Å². The van der Waals surface area contributed by atoms with Crippen LogP contribution in [0, 0.1) is 6.92 Å². The summed E-state index contributed by atoms with van der Waals surface area (Å²) in [4.78, 5) is 12.7. The van der Waals surface area contributed by atoms with E-state index in [0.717, 1.165) is 30.1 Å². The zero-order chi connectivity index (χ0) is 29.6. The fourth-order valence-electron chi connectivity index (χ4n) is 5.25. The van der Waals surface area contributed by atoms with E-state index in [-0.39, 0.29) is 5.97 Å². The van der Waals surface area contributed by atoms with Gasteiger partial charge in [-0.3, -0.25) is 4.79 Å². The normalized spacial score (nSPS) is 13.0. The van der Waals surface area contributed by atoms with Gasteiger partial charge in [-0.2, -0.15) is 0 Å². The number of ether oxygens (including phenoxy) is 2. The van der Waals surface area contributed by atoms with Gasteiger partial charge in [0.05, 0.1) is 13.2 Å². The minimum atomic E-state index is -0.850. The van der Waals surface area contributed by atoms with Gasteiger partial charge in [-0.15, -0.1) is 0 Å². The van der Waals surface area contributed by atoms with Gasteiger partial charge in [0.25, 0.3) is 0 Å². The number of benzene rings is 1. The average molecular weight is 567 g/mol.